The van der Waals surface area contributed by atoms with Crippen molar-refractivity contribution in [2.24, 2.45) is 0 Å². The molecule has 0 saturated carbocycles. The highest BCUT2D eigenvalue weighted by Crippen LogP contribution is 2.36. The molecule has 0 rings (SSSR count). The van der Waals surface area contributed by atoms with Crippen LogP contribution in [0.1, 0.15) is 303 Å². The van der Waals surface area contributed by atoms with Gasteiger partial charge >= 0.3 is 19.8 Å². The van der Waals surface area contributed by atoms with Crippen LogP contribution in [-0.4, -0.2) is 41.0 Å². The predicted molar refractivity (Wildman–Crippen MR) is 267 cm³/mol. The fraction of sp³-hybridized carbons (Fsp3) is 0.926. The average molecular weight is 913 g/mol. The summed E-state index contributed by atoms with van der Waals surface area (Å²) in [7, 11) is -4.76. The van der Waals surface area contributed by atoms with Crippen LogP contribution in [0.15, 0.2) is 12.2 Å². The summed E-state index contributed by atoms with van der Waals surface area (Å²) in [6, 6.07) is 0. The second-order valence-electron chi connectivity index (χ2n) is 18.9. The van der Waals surface area contributed by atoms with Crippen molar-refractivity contribution in [3.63, 3.8) is 0 Å². The third kappa shape index (κ3) is 53.3. The molecule has 0 aliphatic carbocycles. The molecule has 63 heavy (non-hydrogen) atoms. The second-order valence-corrected chi connectivity index (χ2v) is 20.2. The van der Waals surface area contributed by atoms with E-state index in [0.29, 0.717) is 6.42 Å². The quantitative estimate of drug-likeness (QED) is 0.0268. The molecule has 9 heteroatoms. The maximum Gasteiger partial charge on any atom is 0.469 e. The topological polar surface area (TPSA) is 119 Å². The number of allylic oxidation sites excluding steroid dienone is 2. The second kappa shape index (κ2) is 50.2. The Labute approximate surface area is 390 Å². The van der Waals surface area contributed by atoms with Gasteiger partial charge in [0, 0.05) is 12.8 Å². The summed E-state index contributed by atoms with van der Waals surface area (Å²) in [5, 5.41) is 0. The SMILES string of the molecule is CCCCCCCCCC/C=C\CCCCCCCCCCCC(=O)OC(COC(=O)CCCCCCCCCCCCCCCCCCCCCCCCCC)COP(=O)(O)O. The molecule has 0 aromatic carbocycles. The van der Waals surface area contributed by atoms with E-state index in [-0.39, 0.29) is 19.4 Å². The van der Waals surface area contributed by atoms with Crippen LogP contribution in [0, 0.1) is 0 Å². The maximum absolute atomic E-state index is 12.5. The van der Waals surface area contributed by atoms with Crippen molar-refractivity contribution in [3.8, 4) is 0 Å². The molecule has 0 fully saturated rings. The highest BCUT2D eigenvalue weighted by atomic mass is 31.2. The van der Waals surface area contributed by atoms with E-state index < -0.39 is 32.5 Å². The number of carbonyl (C=O) groups excluding carboxylic acids is 2. The number of phosphoric ester groups is 1. The summed E-state index contributed by atoms with van der Waals surface area (Å²) in [6.45, 7) is 3.75. The molecular weight excluding hydrogens is 808 g/mol. The van der Waals surface area contributed by atoms with Gasteiger partial charge in [0.15, 0.2) is 6.10 Å². The molecule has 1 unspecified atom stereocenters. The third-order valence-corrected chi connectivity index (χ3v) is 13.0. The predicted octanol–water partition coefficient (Wildman–Crippen LogP) is 17.7. The molecule has 0 aromatic heterocycles. The lowest BCUT2D eigenvalue weighted by atomic mass is 10.0. The minimum absolute atomic E-state index is 0.215. The van der Waals surface area contributed by atoms with E-state index in [1.807, 2.05) is 0 Å². The monoisotopic (exact) mass is 913 g/mol. The minimum atomic E-state index is -4.76. The van der Waals surface area contributed by atoms with Crippen LogP contribution < -0.4 is 0 Å². The van der Waals surface area contributed by atoms with Gasteiger partial charge in [0.05, 0.1) is 6.61 Å². The van der Waals surface area contributed by atoms with E-state index in [1.54, 1.807) is 0 Å². The molecule has 0 spiro atoms. The molecule has 1 atom stereocenters. The van der Waals surface area contributed by atoms with Crippen LogP contribution >= 0.6 is 7.82 Å². The molecule has 0 aliphatic rings. The molecule has 374 valence electrons. The van der Waals surface area contributed by atoms with Gasteiger partial charge in [0.25, 0.3) is 0 Å². The number of unbranched alkanes of at least 4 members (excludes halogenated alkanes) is 40. The summed E-state index contributed by atoms with van der Waals surface area (Å²) in [4.78, 5) is 43.2. The molecule has 0 radical (unpaired) electrons. The average Bonchev–Trinajstić information content (AvgIpc) is 3.26. The van der Waals surface area contributed by atoms with E-state index in [9.17, 15) is 14.2 Å². The number of esters is 2. The first-order chi connectivity index (χ1) is 30.8. The zero-order chi connectivity index (χ0) is 46.0. The Balaban J connectivity index is 3.74. The highest BCUT2D eigenvalue weighted by molar-refractivity contribution is 7.46. The summed E-state index contributed by atoms with van der Waals surface area (Å²) >= 11 is 0. The van der Waals surface area contributed by atoms with Gasteiger partial charge in [0.1, 0.15) is 6.61 Å². The maximum atomic E-state index is 12.5. The van der Waals surface area contributed by atoms with Crippen LogP contribution in [0.2, 0.25) is 0 Å². The van der Waals surface area contributed by atoms with Gasteiger partial charge in [-0.15, -0.1) is 0 Å². The van der Waals surface area contributed by atoms with Crippen molar-refractivity contribution in [1.29, 1.82) is 0 Å². The first-order valence-electron chi connectivity index (χ1n) is 27.5. The fourth-order valence-electron chi connectivity index (χ4n) is 8.43. The first-order valence-corrected chi connectivity index (χ1v) is 29.0. The lowest BCUT2D eigenvalue weighted by molar-refractivity contribution is -0.161. The fourth-order valence-corrected chi connectivity index (χ4v) is 8.79. The molecule has 0 heterocycles. The van der Waals surface area contributed by atoms with Gasteiger partial charge in [-0.05, 0) is 38.5 Å². The number of ether oxygens (including phenoxy) is 2. The number of carbonyl (C=O) groups is 2. The number of hydrogen-bond donors (Lipinski definition) is 2. The normalized spacial score (nSPS) is 12.4. The van der Waals surface area contributed by atoms with Crippen molar-refractivity contribution in [2.45, 2.75) is 309 Å². The van der Waals surface area contributed by atoms with E-state index in [1.165, 1.54) is 231 Å². The molecule has 0 saturated heterocycles. The van der Waals surface area contributed by atoms with Crippen LogP contribution in [0.5, 0.6) is 0 Å². The summed E-state index contributed by atoms with van der Waals surface area (Å²) < 4.78 is 26.6. The Hall–Kier alpha value is -1.21. The van der Waals surface area contributed by atoms with Crippen molar-refractivity contribution < 1.29 is 37.9 Å². The van der Waals surface area contributed by atoms with Crippen LogP contribution in [-0.2, 0) is 28.2 Å². The lowest BCUT2D eigenvalue weighted by Gasteiger charge is -2.18. The molecule has 0 aliphatic heterocycles. The largest absolute Gasteiger partial charge is 0.469 e. The summed E-state index contributed by atoms with van der Waals surface area (Å²) in [5.74, 6) is -0.866. The van der Waals surface area contributed by atoms with Crippen molar-refractivity contribution in [2.75, 3.05) is 13.2 Å². The Morgan fingerprint density at radius 2 is 0.667 bits per heavy atom. The summed E-state index contributed by atoms with van der Waals surface area (Å²) in [5.41, 5.74) is 0. The van der Waals surface area contributed by atoms with E-state index >= 15 is 0 Å². The van der Waals surface area contributed by atoms with Gasteiger partial charge in [-0.2, -0.15) is 0 Å². The molecule has 0 aromatic rings. The lowest BCUT2D eigenvalue weighted by Crippen LogP contribution is -2.29. The molecule has 0 amide bonds. The van der Waals surface area contributed by atoms with Gasteiger partial charge < -0.3 is 19.3 Å². The zero-order valence-electron chi connectivity index (χ0n) is 41.8. The van der Waals surface area contributed by atoms with Crippen LogP contribution in [0.3, 0.4) is 0 Å². The van der Waals surface area contributed by atoms with Crippen LogP contribution in [0.4, 0.5) is 0 Å². The Morgan fingerprint density at radius 3 is 0.968 bits per heavy atom. The van der Waals surface area contributed by atoms with Crippen molar-refractivity contribution in [3.05, 3.63) is 12.2 Å². The van der Waals surface area contributed by atoms with Gasteiger partial charge in [-0.3, -0.25) is 14.1 Å². The van der Waals surface area contributed by atoms with Gasteiger partial charge in [0.2, 0.25) is 0 Å². The smallest absolute Gasteiger partial charge is 0.462 e. The standard InChI is InChI=1S/C54H105O8P/c1-3-5-7-9-11-13-15-17-19-21-23-25-26-27-29-30-32-34-36-38-40-42-44-46-48-53(55)60-50-52(51-61-63(57,58)59)62-54(56)49-47-45-43-41-39-37-35-33-31-28-24-22-20-18-16-14-12-10-8-6-4-2/h22,24,52H,3-21,23,25-51H2,1-2H3,(H2,57,58,59)/b24-22-. The Kier molecular flexibility index (Phi) is 49.2. The molecule has 8 nitrogen and oxygen atoms in total. The Morgan fingerprint density at radius 1 is 0.397 bits per heavy atom. The number of hydrogen-bond acceptors (Lipinski definition) is 6. The highest BCUT2D eigenvalue weighted by Gasteiger charge is 2.23. The number of rotatable bonds is 52. The third-order valence-electron chi connectivity index (χ3n) is 12.5. The van der Waals surface area contributed by atoms with Crippen LogP contribution in [0.25, 0.3) is 0 Å². The zero-order valence-corrected chi connectivity index (χ0v) is 42.7. The van der Waals surface area contributed by atoms with E-state index in [2.05, 4.69) is 30.5 Å². The minimum Gasteiger partial charge on any atom is -0.462 e. The van der Waals surface area contributed by atoms with Crippen molar-refractivity contribution in [1.82, 2.24) is 0 Å². The first kappa shape index (κ1) is 61.8. The molecule has 2 N–H and O–H groups in total. The summed E-state index contributed by atoms with van der Waals surface area (Å²) in [6.07, 6.45) is 59.6. The van der Waals surface area contributed by atoms with E-state index in [4.69, 9.17) is 19.3 Å². The van der Waals surface area contributed by atoms with Gasteiger partial charge in [-0.1, -0.05) is 264 Å². The van der Waals surface area contributed by atoms with E-state index in [0.717, 1.165) is 38.5 Å². The van der Waals surface area contributed by atoms with Crippen molar-refractivity contribution >= 4 is 19.8 Å². The molecular formula is C54H105O8P. The molecule has 0 bridgehead atoms. The Bertz CT molecular complexity index is 1030. The van der Waals surface area contributed by atoms with Gasteiger partial charge in [-0.25, -0.2) is 4.57 Å². The number of phosphoric acid groups is 1.